The summed E-state index contributed by atoms with van der Waals surface area (Å²) < 4.78 is 11.3. The Hall–Kier alpha value is -7.34. The Morgan fingerprint density at radius 3 is 1.25 bits per heavy atom. The Morgan fingerprint density at radius 2 is 0.873 bits per heavy atom. The van der Waals surface area contributed by atoms with E-state index < -0.39 is 39.3 Å². The van der Waals surface area contributed by atoms with Crippen LogP contribution in [-0.2, 0) is 15.0 Å². The molecule has 2 atom stereocenters. The van der Waals surface area contributed by atoms with Gasteiger partial charge in [0.05, 0.1) is 15.3 Å². The fraction of sp³-hybridized carbons (Fsp3) is 0.116. The molecule has 1 aliphatic rings. The van der Waals surface area contributed by atoms with Crippen molar-refractivity contribution in [3.8, 4) is 22.6 Å². The van der Waals surface area contributed by atoms with Gasteiger partial charge < -0.3 is 20.1 Å². The number of nitrogens with zero attached hydrogens (tertiary/aromatic N) is 2. The van der Waals surface area contributed by atoms with Crippen LogP contribution in [0.5, 0.6) is 11.5 Å². The van der Waals surface area contributed by atoms with Crippen molar-refractivity contribution >= 4 is 34.6 Å². The molecule has 12 nitrogen and oxygen atoms in total. The normalized spacial score (nSPS) is 13.3. The highest BCUT2D eigenvalue weighted by atomic mass is 16.6. The molecule has 0 fully saturated rings. The summed E-state index contributed by atoms with van der Waals surface area (Å²) in [5.74, 6) is -0.955. The van der Waals surface area contributed by atoms with E-state index in [0.717, 1.165) is 33.4 Å². The summed E-state index contributed by atoms with van der Waals surface area (Å²) in [4.78, 5) is 48.1. The van der Waals surface area contributed by atoms with Crippen molar-refractivity contribution in [2.45, 2.75) is 31.5 Å². The number of benzene rings is 6. The van der Waals surface area contributed by atoms with E-state index in [1.165, 1.54) is 50.2 Å². The number of hydrogen-bond donors (Lipinski definition) is 2. The fourth-order valence-corrected chi connectivity index (χ4v) is 7.02. The van der Waals surface area contributed by atoms with Gasteiger partial charge in [0.1, 0.15) is 0 Å². The van der Waals surface area contributed by atoms with Gasteiger partial charge in [-0.25, -0.2) is 0 Å². The summed E-state index contributed by atoms with van der Waals surface area (Å²) in [6, 6.07) is 43.3. The second kappa shape index (κ2) is 15.0. The minimum absolute atomic E-state index is 0.00194. The number of amides is 2. The van der Waals surface area contributed by atoms with Crippen molar-refractivity contribution in [2.75, 3.05) is 10.6 Å². The highest BCUT2D eigenvalue weighted by Gasteiger charge is 2.45. The maximum absolute atomic E-state index is 13.2. The molecule has 2 amide bonds. The van der Waals surface area contributed by atoms with Gasteiger partial charge in [-0.15, -0.1) is 0 Å². The van der Waals surface area contributed by atoms with Crippen molar-refractivity contribution in [1.29, 1.82) is 0 Å². The zero-order valence-corrected chi connectivity index (χ0v) is 29.7. The van der Waals surface area contributed by atoms with E-state index in [9.17, 15) is 29.8 Å². The number of ether oxygens (including phenoxy) is 2. The minimum atomic E-state index is -1.02. The lowest BCUT2D eigenvalue weighted by Crippen LogP contribution is -2.31. The highest BCUT2D eigenvalue weighted by Crippen LogP contribution is 2.56. The number of carbonyl (C=O) groups is 2. The van der Waals surface area contributed by atoms with Crippen LogP contribution in [0, 0.1) is 20.2 Å². The third-order valence-electron chi connectivity index (χ3n) is 9.59. The molecule has 2 unspecified atom stereocenters. The number of carbonyl (C=O) groups excluding carboxylic acids is 2. The largest absolute Gasteiger partial charge is 0.474 e. The number of para-hydroxylation sites is 4. The van der Waals surface area contributed by atoms with Crippen molar-refractivity contribution < 1.29 is 28.9 Å². The second-order valence-electron chi connectivity index (χ2n) is 12.9. The van der Waals surface area contributed by atoms with Crippen LogP contribution in [-0.4, -0.2) is 33.9 Å². The summed E-state index contributed by atoms with van der Waals surface area (Å²) >= 11 is 0. The van der Waals surface area contributed by atoms with Crippen molar-refractivity contribution in [2.24, 2.45) is 0 Å². The van der Waals surface area contributed by atoms with Crippen LogP contribution in [0.25, 0.3) is 11.1 Å². The maximum atomic E-state index is 13.2. The van der Waals surface area contributed by atoms with E-state index in [0.29, 0.717) is 11.4 Å². The molecule has 1 aliphatic carbocycles. The Kier molecular flexibility index (Phi) is 9.80. The van der Waals surface area contributed by atoms with Crippen LogP contribution in [0.3, 0.4) is 0 Å². The van der Waals surface area contributed by atoms with Gasteiger partial charge in [-0.2, -0.15) is 0 Å². The van der Waals surface area contributed by atoms with Crippen LogP contribution in [0.1, 0.15) is 36.1 Å². The zero-order chi connectivity index (χ0) is 38.7. The van der Waals surface area contributed by atoms with E-state index in [4.69, 9.17) is 9.47 Å². The van der Waals surface area contributed by atoms with Crippen molar-refractivity contribution in [3.63, 3.8) is 0 Å². The summed E-state index contributed by atoms with van der Waals surface area (Å²) in [5, 5.41) is 28.6. The Morgan fingerprint density at radius 1 is 0.527 bits per heavy atom. The third kappa shape index (κ3) is 6.84. The Balaban J connectivity index is 1.17. The summed E-state index contributed by atoms with van der Waals surface area (Å²) in [6.07, 6.45) is -2.04. The van der Waals surface area contributed by atoms with E-state index in [-0.39, 0.29) is 22.9 Å². The molecule has 0 heterocycles. The van der Waals surface area contributed by atoms with Crippen LogP contribution < -0.4 is 20.1 Å². The fourth-order valence-electron chi connectivity index (χ4n) is 7.02. The first-order chi connectivity index (χ1) is 26.6. The van der Waals surface area contributed by atoms with Gasteiger partial charge in [-0.3, -0.25) is 29.8 Å². The Bertz CT molecular complexity index is 2260. The minimum Gasteiger partial charge on any atom is -0.474 e. The first-order valence-electron chi connectivity index (χ1n) is 17.4. The van der Waals surface area contributed by atoms with E-state index in [1.54, 1.807) is 12.1 Å². The predicted octanol–water partition coefficient (Wildman–Crippen LogP) is 8.68. The Labute approximate surface area is 315 Å². The number of nitro benzene ring substituents is 2. The highest BCUT2D eigenvalue weighted by molar-refractivity contribution is 5.95. The molecule has 274 valence electrons. The molecule has 0 bridgehead atoms. The molecule has 6 aromatic rings. The monoisotopic (exact) mass is 734 g/mol. The molecule has 2 N–H and O–H groups in total. The van der Waals surface area contributed by atoms with Gasteiger partial charge in [0, 0.05) is 23.5 Å². The van der Waals surface area contributed by atoms with Gasteiger partial charge in [0.2, 0.25) is 0 Å². The molecule has 0 radical (unpaired) electrons. The molecule has 55 heavy (non-hydrogen) atoms. The van der Waals surface area contributed by atoms with Gasteiger partial charge in [-0.1, -0.05) is 97.1 Å². The number of nitrogens with one attached hydrogen (secondary N) is 2. The SMILES string of the molecule is CC(Oc1ccccc1[N+](=O)[O-])C(=O)Nc1ccc(C2(c3ccc(NC(=O)C(C)Oc4ccccc4[N+](=O)[O-])cc3)c3ccccc3-c3ccccc32)cc1. The van der Waals surface area contributed by atoms with E-state index in [1.807, 2.05) is 72.8 Å². The summed E-state index contributed by atoms with van der Waals surface area (Å²) in [6.45, 7) is 3.05. The number of hydrogen-bond acceptors (Lipinski definition) is 8. The van der Waals surface area contributed by atoms with Gasteiger partial charge in [-0.05, 0) is 83.6 Å². The third-order valence-corrected chi connectivity index (χ3v) is 9.59. The van der Waals surface area contributed by atoms with Crippen LogP contribution >= 0.6 is 0 Å². The van der Waals surface area contributed by atoms with Crippen molar-refractivity contribution in [3.05, 3.63) is 188 Å². The first kappa shape index (κ1) is 36.0. The lowest BCUT2D eigenvalue weighted by atomic mass is 9.67. The van der Waals surface area contributed by atoms with Crippen LogP contribution in [0.2, 0.25) is 0 Å². The smallest absolute Gasteiger partial charge is 0.310 e. The van der Waals surface area contributed by atoms with Gasteiger partial charge in [0.15, 0.2) is 23.7 Å². The topological polar surface area (TPSA) is 163 Å². The molecule has 12 heteroatoms. The lowest BCUT2D eigenvalue weighted by molar-refractivity contribution is -0.386. The molecule has 0 aromatic heterocycles. The number of nitro groups is 2. The lowest BCUT2D eigenvalue weighted by Gasteiger charge is -2.34. The van der Waals surface area contributed by atoms with Gasteiger partial charge >= 0.3 is 11.4 Å². The number of fused-ring (bicyclic) bond motifs is 3. The average molecular weight is 735 g/mol. The molecule has 6 aromatic carbocycles. The standard InChI is InChI=1S/C43H34N4O8/c1-27(54-39-17-9-7-15-37(39)46(50)51)41(48)44-31-23-19-29(20-24-31)43(35-13-5-3-11-33(35)34-12-4-6-14-36(34)43)30-21-25-32(26-22-30)45-42(49)28(2)55-40-18-10-8-16-38(40)47(52)53/h3-28H,1-2H3,(H,44,48)(H,45,49). The van der Waals surface area contributed by atoms with E-state index >= 15 is 0 Å². The van der Waals surface area contributed by atoms with Crippen molar-refractivity contribution in [1.82, 2.24) is 0 Å². The molecule has 0 spiro atoms. The molecule has 0 saturated heterocycles. The van der Waals surface area contributed by atoms with Crippen LogP contribution in [0.4, 0.5) is 22.7 Å². The van der Waals surface area contributed by atoms with Crippen LogP contribution in [0.15, 0.2) is 146 Å². The van der Waals surface area contributed by atoms with E-state index in [2.05, 4.69) is 34.9 Å². The summed E-state index contributed by atoms with van der Waals surface area (Å²) in [5.41, 5.74) is 5.91. The van der Waals surface area contributed by atoms with Gasteiger partial charge in [0.25, 0.3) is 11.8 Å². The number of rotatable bonds is 12. The molecule has 0 aliphatic heterocycles. The quantitative estimate of drug-likeness (QED) is 0.0930. The first-order valence-corrected chi connectivity index (χ1v) is 17.4. The average Bonchev–Trinajstić information content (AvgIpc) is 3.49. The second-order valence-corrected chi connectivity index (χ2v) is 12.9. The molecule has 7 rings (SSSR count). The number of anilines is 2. The summed E-state index contributed by atoms with van der Waals surface area (Å²) in [7, 11) is 0. The molecule has 0 saturated carbocycles. The zero-order valence-electron chi connectivity index (χ0n) is 29.7. The molecular weight excluding hydrogens is 700 g/mol. The predicted molar refractivity (Wildman–Crippen MR) is 207 cm³/mol. The maximum Gasteiger partial charge on any atom is 0.310 e. The molecular formula is C43H34N4O8.